The lowest BCUT2D eigenvalue weighted by molar-refractivity contribution is -0.119. The van der Waals surface area contributed by atoms with Gasteiger partial charge in [0, 0.05) is 12.4 Å². The Morgan fingerprint density at radius 2 is 1.86 bits per heavy atom. The maximum absolute atomic E-state index is 12.2. The van der Waals surface area contributed by atoms with Gasteiger partial charge in [-0.15, -0.1) is 0 Å². The molecule has 0 bridgehead atoms. The second-order valence-corrected chi connectivity index (χ2v) is 3.92. The fraction of sp³-hybridized carbons (Fsp3) is 0.0714. The molecule has 2 amide bonds. The minimum atomic E-state index is -0.893. The molecule has 1 aromatic heterocycles. The number of hydrogen-bond donors (Lipinski definition) is 1. The zero-order valence-corrected chi connectivity index (χ0v) is 11.3. The van der Waals surface area contributed by atoms with Gasteiger partial charge in [-0.05, 0) is 18.2 Å². The van der Waals surface area contributed by atoms with E-state index in [-0.39, 0.29) is 6.01 Å². The molecule has 0 aliphatic heterocycles. The summed E-state index contributed by atoms with van der Waals surface area (Å²) in [5.74, 6) is -0.634. The van der Waals surface area contributed by atoms with Crippen molar-refractivity contribution in [2.45, 2.75) is 0 Å². The number of nitrogens with zero attached hydrogens (tertiary/aromatic N) is 4. The van der Waals surface area contributed by atoms with Crippen LogP contribution in [-0.2, 0) is 4.79 Å². The van der Waals surface area contributed by atoms with E-state index in [4.69, 9.17) is 11.3 Å². The summed E-state index contributed by atoms with van der Waals surface area (Å²) in [7, 11) is 0. The van der Waals surface area contributed by atoms with E-state index in [1.165, 1.54) is 12.4 Å². The van der Waals surface area contributed by atoms with Gasteiger partial charge >= 0.3 is 18.0 Å². The van der Waals surface area contributed by atoms with Crippen LogP contribution < -0.4 is 15.2 Å². The van der Waals surface area contributed by atoms with Crippen molar-refractivity contribution < 1.29 is 14.3 Å². The number of benzene rings is 1. The van der Waals surface area contributed by atoms with Crippen LogP contribution in [0.5, 0.6) is 6.01 Å². The zero-order valence-electron chi connectivity index (χ0n) is 11.3. The lowest BCUT2D eigenvalue weighted by Crippen LogP contribution is -2.48. The molecule has 1 N–H and O–H groups in total. The number of para-hydroxylation sites is 1. The first-order valence-electron chi connectivity index (χ1n) is 6.17. The standard InChI is InChI=1S/C14H11N5O3/c1-15-10-12(20)18-19(11-6-3-2-4-7-11)14(21)22-13-16-8-5-9-17-13/h2-9H,10H2,(H,18,20). The summed E-state index contributed by atoms with van der Waals surface area (Å²) in [6.45, 7) is 6.27. The van der Waals surface area contributed by atoms with Crippen LogP contribution in [0.15, 0.2) is 48.8 Å². The van der Waals surface area contributed by atoms with Crippen molar-refractivity contribution in [3.63, 3.8) is 0 Å². The third-order valence-corrected chi connectivity index (χ3v) is 2.38. The average Bonchev–Trinajstić information content (AvgIpc) is 2.54. The zero-order chi connectivity index (χ0) is 15.8. The quantitative estimate of drug-likeness (QED) is 0.684. The normalized spacial score (nSPS) is 9.41. The number of anilines is 1. The topological polar surface area (TPSA) is 88.8 Å². The Kier molecular flexibility index (Phi) is 4.99. The Hall–Kier alpha value is -3.47. The second kappa shape index (κ2) is 7.35. The first-order chi connectivity index (χ1) is 10.7. The van der Waals surface area contributed by atoms with Crippen LogP contribution in [-0.4, -0.2) is 28.5 Å². The molecule has 0 radical (unpaired) electrons. The van der Waals surface area contributed by atoms with Crippen molar-refractivity contribution in [2.75, 3.05) is 11.6 Å². The summed E-state index contributed by atoms with van der Waals surface area (Å²) >= 11 is 0. The van der Waals surface area contributed by atoms with Gasteiger partial charge in [0.1, 0.15) is 0 Å². The number of hydrogen-bond acceptors (Lipinski definition) is 5. The molecule has 2 rings (SSSR count). The van der Waals surface area contributed by atoms with Crippen LogP contribution in [0.4, 0.5) is 10.5 Å². The van der Waals surface area contributed by atoms with Crippen LogP contribution in [0, 0.1) is 6.57 Å². The van der Waals surface area contributed by atoms with Gasteiger partial charge in [0.25, 0.3) is 6.54 Å². The van der Waals surface area contributed by atoms with E-state index in [0.29, 0.717) is 5.69 Å². The number of carbonyl (C=O) groups excluding carboxylic acids is 2. The van der Waals surface area contributed by atoms with E-state index in [0.717, 1.165) is 5.01 Å². The Bertz CT molecular complexity index is 685. The van der Waals surface area contributed by atoms with Gasteiger partial charge in [-0.25, -0.2) is 21.3 Å². The number of aromatic nitrogens is 2. The third kappa shape index (κ3) is 4.01. The molecular weight excluding hydrogens is 286 g/mol. The lowest BCUT2D eigenvalue weighted by Gasteiger charge is -2.20. The van der Waals surface area contributed by atoms with Gasteiger partial charge < -0.3 is 9.58 Å². The summed E-state index contributed by atoms with van der Waals surface area (Å²) in [6.07, 6.45) is 1.94. The Balaban J connectivity index is 2.18. The number of nitrogens with one attached hydrogen (secondary N) is 1. The minimum Gasteiger partial charge on any atom is -0.372 e. The van der Waals surface area contributed by atoms with Crippen LogP contribution in [0.1, 0.15) is 0 Å². The van der Waals surface area contributed by atoms with Gasteiger partial charge in [0.15, 0.2) is 0 Å². The summed E-state index contributed by atoms with van der Waals surface area (Å²) in [5.41, 5.74) is 2.68. The van der Waals surface area contributed by atoms with Gasteiger partial charge in [-0.1, -0.05) is 18.2 Å². The van der Waals surface area contributed by atoms with Crippen molar-refractivity contribution in [1.82, 2.24) is 15.4 Å². The van der Waals surface area contributed by atoms with E-state index in [2.05, 4.69) is 20.2 Å². The van der Waals surface area contributed by atoms with Gasteiger partial charge in [0.05, 0.1) is 5.69 Å². The van der Waals surface area contributed by atoms with Gasteiger partial charge in [-0.2, -0.15) is 5.01 Å². The highest BCUT2D eigenvalue weighted by atomic mass is 16.6. The minimum absolute atomic E-state index is 0.146. The van der Waals surface area contributed by atoms with E-state index < -0.39 is 18.5 Å². The molecule has 0 aliphatic carbocycles. The molecule has 0 atom stereocenters. The largest absolute Gasteiger partial charge is 0.441 e. The van der Waals surface area contributed by atoms with E-state index in [1.807, 2.05) is 0 Å². The highest BCUT2D eigenvalue weighted by Crippen LogP contribution is 2.13. The van der Waals surface area contributed by atoms with Crippen LogP contribution in [0.3, 0.4) is 0 Å². The summed E-state index contributed by atoms with van der Waals surface area (Å²) in [4.78, 5) is 34.3. The molecule has 0 saturated heterocycles. The van der Waals surface area contributed by atoms with Crippen molar-refractivity contribution in [2.24, 2.45) is 0 Å². The highest BCUT2D eigenvalue weighted by molar-refractivity contribution is 5.93. The van der Waals surface area contributed by atoms with Crippen LogP contribution in [0.25, 0.3) is 4.85 Å². The second-order valence-electron chi connectivity index (χ2n) is 3.92. The molecule has 0 saturated carbocycles. The third-order valence-electron chi connectivity index (χ3n) is 2.38. The predicted octanol–water partition coefficient (Wildman–Crippen LogP) is 1.43. The SMILES string of the molecule is [C-]#[N+]CC(=O)NN(C(=O)Oc1ncccn1)c1ccccc1. The van der Waals surface area contributed by atoms with Gasteiger partial charge in [0.2, 0.25) is 0 Å². The summed E-state index contributed by atoms with van der Waals surface area (Å²) in [5, 5.41) is 0.893. The molecule has 22 heavy (non-hydrogen) atoms. The maximum Gasteiger partial charge on any atom is 0.441 e. The first-order valence-corrected chi connectivity index (χ1v) is 6.17. The molecule has 1 heterocycles. The molecule has 1 aromatic carbocycles. The first kappa shape index (κ1) is 14.9. The molecule has 0 spiro atoms. The molecular formula is C14H11N5O3. The van der Waals surface area contributed by atoms with Crippen LogP contribution in [0.2, 0.25) is 0 Å². The molecule has 2 aromatic rings. The van der Waals surface area contributed by atoms with Crippen molar-refractivity contribution in [3.05, 3.63) is 60.2 Å². The monoisotopic (exact) mass is 297 g/mol. The Morgan fingerprint density at radius 3 is 2.50 bits per heavy atom. The van der Waals surface area contributed by atoms with E-state index in [9.17, 15) is 9.59 Å². The number of ether oxygens (including phenoxy) is 1. The maximum atomic E-state index is 12.2. The molecule has 8 heteroatoms. The fourth-order valence-corrected chi connectivity index (χ4v) is 1.49. The average molecular weight is 297 g/mol. The fourth-order valence-electron chi connectivity index (χ4n) is 1.49. The Morgan fingerprint density at radius 1 is 1.18 bits per heavy atom. The Labute approximate surface area is 126 Å². The predicted molar refractivity (Wildman–Crippen MR) is 76.6 cm³/mol. The van der Waals surface area contributed by atoms with Crippen molar-refractivity contribution in [1.29, 1.82) is 0 Å². The molecule has 110 valence electrons. The van der Waals surface area contributed by atoms with Gasteiger partial charge in [-0.3, -0.25) is 10.2 Å². The van der Waals surface area contributed by atoms with E-state index >= 15 is 0 Å². The number of rotatable bonds is 3. The van der Waals surface area contributed by atoms with Crippen molar-refractivity contribution in [3.8, 4) is 6.01 Å². The highest BCUT2D eigenvalue weighted by Gasteiger charge is 2.22. The number of carbonyl (C=O) groups is 2. The smallest absolute Gasteiger partial charge is 0.372 e. The van der Waals surface area contributed by atoms with E-state index in [1.54, 1.807) is 36.4 Å². The number of hydrazine groups is 1. The molecule has 0 unspecified atom stereocenters. The molecule has 0 aliphatic rings. The van der Waals surface area contributed by atoms with Crippen molar-refractivity contribution >= 4 is 17.7 Å². The lowest BCUT2D eigenvalue weighted by atomic mass is 10.3. The van der Waals surface area contributed by atoms with Crippen LogP contribution >= 0.6 is 0 Å². The molecule has 0 fully saturated rings. The molecule has 8 nitrogen and oxygen atoms in total. The number of amides is 2. The summed E-state index contributed by atoms with van der Waals surface area (Å²) in [6, 6.07) is 9.77. The summed E-state index contributed by atoms with van der Waals surface area (Å²) < 4.78 is 4.98.